The van der Waals surface area contributed by atoms with Gasteiger partial charge in [0, 0.05) is 17.1 Å². The molecule has 1 N–H and O–H groups in total. The number of aromatic amines is 1. The van der Waals surface area contributed by atoms with Crippen LogP contribution in [0.15, 0.2) is 53.6 Å². The maximum Gasteiger partial charge on any atom is 0.346 e. The lowest BCUT2D eigenvalue weighted by atomic mass is 10.1. The molecule has 3 rings (SSSR count). The molecule has 82 valence electrons. The van der Waals surface area contributed by atoms with E-state index in [4.69, 9.17) is 0 Å². The molecule has 0 spiro atoms. The standard InChI is InChI=1S/C13H9N3O/c17-13-15-11-8-14-7-6-10(11)12(16-13)9-4-2-1-3-5-9/h1-8H,(H,15,16,17). The van der Waals surface area contributed by atoms with E-state index in [1.807, 2.05) is 36.4 Å². The number of H-pyrrole nitrogens is 1. The first-order valence-electron chi connectivity index (χ1n) is 5.24. The van der Waals surface area contributed by atoms with E-state index in [0.717, 1.165) is 10.9 Å². The van der Waals surface area contributed by atoms with E-state index in [-0.39, 0.29) is 5.69 Å². The molecular weight excluding hydrogens is 214 g/mol. The summed E-state index contributed by atoms with van der Waals surface area (Å²) < 4.78 is 0. The summed E-state index contributed by atoms with van der Waals surface area (Å²) >= 11 is 0. The van der Waals surface area contributed by atoms with Crippen LogP contribution in [0.4, 0.5) is 0 Å². The molecule has 17 heavy (non-hydrogen) atoms. The summed E-state index contributed by atoms with van der Waals surface area (Å²) in [6.07, 6.45) is 3.32. The first kappa shape index (κ1) is 9.72. The van der Waals surface area contributed by atoms with E-state index >= 15 is 0 Å². The summed E-state index contributed by atoms with van der Waals surface area (Å²) in [5, 5.41) is 0.894. The van der Waals surface area contributed by atoms with Crippen LogP contribution in [0.25, 0.3) is 22.2 Å². The van der Waals surface area contributed by atoms with Crippen LogP contribution in [-0.4, -0.2) is 15.0 Å². The van der Waals surface area contributed by atoms with Gasteiger partial charge in [-0.25, -0.2) is 4.79 Å². The van der Waals surface area contributed by atoms with E-state index in [1.54, 1.807) is 12.4 Å². The van der Waals surface area contributed by atoms with Crippen LogP contribution < -0.4 is 5.69 Å². The van der Waals surface area contributed by atoms with Gasteiger partial charge in [-0.05, 0) is 6.07 Å². The van der Waals surface area contributed by atoms with Crippen molar-refractivity contribution in [3.05, 3.63) is 59.3 Å². The fraction of sp³-hybridized carbons (Fsp3) is 0. The van der Waals surface area contributed by atoms with Gasteiger partial charge < -0.3 is 4.98 Å². The molecule has 0 fully saturated rings. The average Bonchev–Trinajstić information content (AvgIpc) is 2.39. The van der Waals surface area contributed by atoms with Crippen molar-refractivity contribution in [3.63, 3.8) is 0 Å². The Morgan fingerprint density at radius 1 is 1.06 bits per heavy atom. The van der Waals surface area contributed by atoms with Crippen molar-refractivity contribution in [3.8, 4) is 11.3 Å². The number of hydrogen-bond acceptors (Lipinski definition) is 3. The average molecular weight is 223 g/mol. The largest absolute Gasteiger partial charge is 0.346 e. The Labute approximate surface area is 97.0 Å². The Balaban J connectivity index is 2.40. The number of hydrogen-bond donors (Lipinski definition) is 1. The molecule has 1 aromatic carbocycles. The Morgan fingerprint density at radius 3 is 2.71 bits per heavy atom. The summed E-state index contributed by atoms with van der Waals surface area (Å²) in [7, 11) is 0. The molecular formula is C13H9N3O. The molecule has 0 radical (unpaired) electrons. The first-order chi connectivity index (χ1) is 8.34. The lowest BCUT2D eigenvalue weighted by Crippen LogP contribution is -2.11. The molecule has 4 heteroatoms. The van der Waals surface area contributed by atoms with E-state index in [9.17, 15) is 4.79 Å². The Bertz CT molecular complexity index is 719. The van der Waals surface area contributed by atoms with Gasteiger partial charge in [0.1, 0.15) is 0 Å². The van der Waals surface area contributed by atoms with Crippen LogP contribution >= 0.6 is 0 Å². The van der Waals surface area contributed by atoms with Crippen molar-refractivity contribution < 1.29 is 0 Å². The van der Waals surface area contributed by atoms with Gasteiger partial charge in [-0.15, -0.1) is 0 Å². The van der Waals surface area contributed by atoms with Gasteiger partial charge in [0.15, 0.2) is 0 Å². The van der Waals surface area contributed by atoms with Crippen molar-refractivity contribution >= 4 is 10.9 Å². The second kappa shape index (κ2) is 3.83. The van der Waals surface area contributed by atoms with Gasteiger partial charge in [-0.3, -0.25) is 4.98 Å². The van der Waals surface area contributed by atoms with Gasteiger partial charge in [0.2, 0.25) is 0 Å². The summed E-state index contributed by atoms with van der Waals surface area (Å²) in [4.78, 5) is 22.2. The van der Waals surface area contributed by atoms with Crippen molar-refractivity contribution in [2.45, 2.75) is 0 Å². The molecule has 0 aliphatic carbocycles. The first-order valence-corrected chi connectivity index (χ1v) is 5.24. The number of nitrogens with one attached hydrogen (secondary N) is 1. The Hall–Kier alpha value is -2.49. The minimum Gasteiger partial charge on any atom is -0.304 e. The molecule has 0 unspecified atom stereocenters. The maximum absolute atomic E-state index is 11.5. The molecule has 0 bridgehead atoms. The number of aromatic nitrogens is 3. The van der Waals surface area contributed by atoms with E-state index in [2.05, 4.69) is 15.0 Å². The third-order valence-electron chi connectivity index (χ3n) is 2.58. The fourth-order valence-corrected chi connectivity index (χ4v) is 1.82. The maximum atomic E-state index is 11.5. The molecule has 0 amide bonds. The molecule has 0 atom stereocenters. The number of benzene rings is 1. The SMILES string of the molecule is O=c1nc(-c2ccccc2)c2ccncc2[nH]1. The zero-order chi connectivity index (χ0) is 11.7. The molecule has 0 saturated heterocycles. The third kappa shape index (κ3) is 1.69. The van der Waals surface area contributed by atoms with Crippen LogP contribution in [0.2, 0.25) is 0 Å². The number of fused-ring (bicyclic) bond motifs is 1. The monoisotopic (exact) mass is 223 g/mol. The summed E-state index contributed by atoms with van der Waals surface area (Å²) in [5.74, 6) is 0. The van der Waals surface area contributed by atoms with E-state index < -0.39 is 0 Å². The Kier molecular flexibility index (Phi) is 2.19. The van der Waals surface area contributed by atoms with Gasteiger partial charge in [0.05, 0.1) is 17.4 Å². The molecule has 2 aromatic heterocycles. The van der Waals surface area contributed by atoms with E-state index in [0.29, 0.717) is 11.2 Å². The van der Waals surface area contributed by atoms with Gasteiger partial charge >= 0.3 is 5.69 Å². The highest BCUT2D eigenvalue weighted by Gasteiger charge is 2.06. The summed E-state index contributed by atoms with van der Waals surface area (Å²) in [6.45, 7) is 0. The normalized spacial score (nSPS) is 10.6. The minimum absolute atomic E-state index is 0.357. The molecule has 0 saturated carbocycles. The third-order valence-corrected chi connectivity index (χ3v) is 2.58. The summed E-state index contributed by atoms with van der Waals surface area (Å²) in [5.41, 5.74) is 1.96. The minimum atomic E-state index is -0.357. The number of pyridine rings is 1. The highest BCUT2D eigenvalue weighted by atomic mass is 16.1. The predicted octanol–water partition coefficient (Wildman–Crippen LogP) is 1.99. The smallest absolute Gasteiger partial charge is 0.304 e. The second-order valence-electron chi connectivity index (χ2n) is 3.68. The highest BCUT2D eigenvalue weighted by Crippen LogP contribution is 2.22. The lowest BCUT2D eigenvalue weighted by molar-refractivity contribution is 1.12. The summed E-state index contributed by atoms with van der Waals surface area (Å²) in [6, 6.07) is 11.5. The predicted molar refractivity (Wildman–Crippen MR) is 65.6 cm³/mol. The molecule has 0 aliphatic heterocycles. The highest BCUT2D eigenvalue weighted by molar-refractivity contribution is 5.91. The second-order valence-corrected chi connectivity index (χ2v) is 3.68. The van der Waals surface area contributed by atoms with Crippen LogP contribution in [0.3, 0.4) is 0 Å². The van der Waals surface area contributed by atoms with Crippen molar-refractivity contribution in [2.75, 3.05) is 0 Å². The molecule has 3 aromatic rings. The van der Waals surface area contributed by atoms with Gasteiger partial charge in [-0.1, -0.05) is 30.3 Å². The number of rotatable bonds is 1. The van der Waals surface area contributed by atoms with Crippen molar-refractivity contribution in [2.24, 2.45) is 0 Å². The number of nitrogens with zero attached hydrogens (tertiary/aromatic N) is 2. The van der Waals surface area contributed by atoms with E-state index in [1.165, 1.54) is 0 Å². The van der Waals surface area contributed by atoms with Crippen LogP contribution in [0.1, 0.15) is 0 Å². The van der Waals surface area contributed by atoms with Crippen LogP contribution in [0, 0.1) is 0 Å². The fourth-order valence-electron chi connectivity index (χ4n) is 1.82. The quantitative estimate of drug-likeness (QED) is 0.686. The topological polar surface area (TPSA) is 58.6 Å². The zero-order valence-corrected chi connectivity index (χ0v) is 8.92. The molecule has 2 heterocycles. The molecule has 4 nitrogen and oxygen atoms in total. The van der Waals surface area contributed by atoms with Crippen LogP contribution in [0.5, 0.6) is 0 Å². The molecule has 0 aliphatic rings. The van der Waals surface area contributed by atoms with Gasteiger partial charge in [-0.2, -0.15) is 4.98 Å². The zero-order valence-electron chi connectivity index (χ0n) is 8.92. The Morgan fingerprint density at radius 2 is 1.88 bits per heavy atom. The van der Waals surface area contributed by atoms with Crippen molar-refractivity contribution in [1.82, 2.24) is 15.0 Å². The van der Waals surface area contributed by atoms with Crippen LogP contribution in [-0.2, 0) is 0 Å². The van der Waals surface area contributed by atoms with Gasteiger partial charge in [0.25, 0.3) is 0 Å². The lowest BCUT2D eigenvalue weighted by Gasteiger charge is -2.04. The van der Waals surface area contributed by atoms with Crippen molar-refractivity contribution in [1.29, 1.82) is 0 Å².